The van der Waals surface area contributed by atoms with Gasteiger partial charge < -0.3 is 9.80 Å². The van der Waals surface area contributed by atoms with Crippen LogP contribution in [0.2, 0.25) is 0 Å². The van der Waals surface area contributed by atoms with E-state index in [1.807, 2.05) is 28.0 Å². The van der Waals surface area contributed by atoms with E-state index in [2.05, 4.69) is 12.1 Å². The van der Waals surface area contributed by atoms with Crippen molar-refractivity contribution in [1.29, 1.82) is 0 Å². The van der Waals surface area contributed by atoms with Gasteiger partial charge in [-0.2, -0.15) is 0 Å². The molecular formula is C20H28N2O2. The van der Waals surface area contributed by atoms with Gasteiger partial charge in [0.15, 0.2) is 0 Å². The number of amides is 2. The van der Waals surface area contributed by atoms with E-state index < -0.39 is 0 Å². The van der Waals surface area contributed by atoms with Gasteiger partial charge in [0, 0.05) is 38.5 Å². The topological polar surface area (TPSA) is 40.6 Å². The average Bonchev–Trinajstić information content (AvgIpc) is 3.04. The molecular weight excluding hydrogens is 300 g/mol. The Morgan fingerprint density at radius 3 is 2.29 bits per heavy atom. The first-order valence-electron chi connectivity index (χ1n) is 9.34. The van der Waals surface area contributed by atoms with E-state index in [1.165, 1.54) is 18.4 Å². The van der Waals surface area contributed by atoms with Gasteiger partial charge in [0.25, 0.3) is 0 Å². The van der Waals surface area contributed by atoms with E-state index >= 15 is 0 Å². The molecule has 1 heterocycles. The standard InChI is InChI=1S/C20H28N2O2/c23-19(12-11-17-7-2-1-3-8-17)21-13-6-14-22(16-15-21)20(24)18-9-4-5-10-18/h1-3,7-8,18H,4-6,9-16H2. The Kier molecular flexibility index (Phi) is 5.89. The highest BCUT2D eigenvalue weighted by Crippen LogP contribution is 2.27. The van der Waals surface area contributed by atoms with Crippen LogP contribution < -0.4 is 0 Å². The molecule has 4 heteroatoms. The zero-order valence-electron chi connectivity index (χ0n) is 14.5. The number of benzene rings is 1. The summed E-state index contributed by atoms with van der Waals surface area (Å²) >= 11 is 0. The molecule has 2 fully saturated rings. The SMILES string of the molecule is O=C(CCc1ccccc1)N1CCCN(C(=O)C2CCCC2)CC1. The third-order valence-electron chi connectivity index (χ3n) is 5.34. The second kappa shape index (κ2) is 8.32. The van der Waals surface area contributed by atoms with Crippen LogP contribution >= 0.6 is 0 Å². The molecule has 2 amide bonds. The van der Waals surface area contributed by atoms with Crippen molar-refractivity contribution in [1.82, 2.24) is 9.80 Å². The summed E-state index contributed by atoms with van der Waals surface area (Å²) in [6, 6.07) is 10.2. The lowest BCUT2D eigenvalue weighted by atomic mass is 10.1. The number of nitrogens with zero attached hydrogens (tertiary/aromatic N) is 2. The highest BCUT2D eigenvalue weighted by molar-refractivity contribution is 5.79. The van der Waals surface area contributed by atoms with Gasteiger partial charge in [0.1, 0.15) is 0 Å². The maximum Gasteiger partial charge on any atom is 0.225 e. The second-order valence-electron chi connectivity index (χ2n) is 7.03. The van der Waals surface area contributed by atoms with Gasteiger partial charge in [-0.15, -0.1) is 0 Å². The van der Waals surface area contributed by atoms with E-state index in [0.717, 1.165) is 38.8 Å². The molecule has 0 atom stereocenters. The molecule has 4 nitrogen and oxygen atoms in total. The van der Waals surface area contributed by atoms with Crippen molar-refractivity contribution < 1.29 is 9.59 Å². The number of hydrogen-bond donors (Lipinski definition) is 0. The van der Waals surface area contributed by atoms with E-state index in [9.17, 15) is 9.59 Å². The quantitative estimate of drug-likeness (QED) is 0.853. The summed E-state index contributed by atoms with van der Waals surface area (Å²) in [7, 11) is 0. The van der Waals surface area contributed by atoms with Gasteiger partial charge in [-0.1, -0.05) is 43.2 Å². The summed E-state index contributed by atoms with van der Waals surface area (Å²) in [6.45, 7) is 2.97. The third kappa shape index (κ3) is 4.37. The van der Waals surface area contributed by atoms with Crippen LogP contribution in [0, 0.1) is 5.92 Å². The van der Waals surface area contributed by atoms with Crippen LogP contribution in [0.4, 0.5) is 0 Å². The maximum atomic E-state index is 12.6. The lowest BCUT2D eigenvalue weighted by molar-refractivity contribution is -0.136. The number of hydrogen-bond acceptors (Lipinski definition) is 2. The third-order valence-corrected chi connectivity index (χ3v) is 5.34. The van der Waals surface area contributed by atoms with Crippen LogP contribution in [0.3, 0.4) is 0 Å². The van der Waals surface area contributed by atoms with Crippen molar-refractivity contribution in [2.75, 3.05) is 26.2 Å². The van der Waals surface area contributed by atoms with Crippen LogP contribution in [0.15, 0.2) is 30.3 Å². The second-order valence-corrected chi connectivity index (χ2v) is 7.03. The first-order chi connectivity index (χ1) is 11.7. The zero-order chi connectivity index (χ0) is 16.8. The predicted octanol–water partition coefficient (Wildman–Crippen LogP) is 2.87. The van der Waals surface area contributed by atoms with Crippen molar-refractivity contribution in [3.63, 3.8) is 0 Å². The van der Waals surface area contributed by atoms with Gasteiger partial charge in [-0.05, 0) is 31.2 Å². The van der Waals surface area contributed by atoms with Gasteiger partial charge in [-0.25, -0.2) is 0 Å². The first-order valence-corrected chi connectivity index (χ1v) is 9.34. The van der Waals surface area contributed by atoms with Gasteiger partial charge in [-0.3, -0.25) is 9.59 Å². The first kappa shape index (κ1) is 17.0. The Hall–Kier alpha value is -1.84. The van der Waals surface area contributed by atoms with Gasteiger partial charge in [0.2, 0.25) is 11.8 Å². The summed E-state index contributed by atoms with van der Waals surface area (Å²) in [5.41, 5.74) is 1.21. The molecule has 1 aromatic carbocycles. The molecule has 1 saturated heterocycles. The molecule has 0 bridgehead atoms. The maximum absolute atomic E-state index is 12.6. The monoisotopic (exact) mass is 328 g/mol. The molecule has 0 aromatic heterocycles. The van der Waals surface area contributed by atoms with Gasteiger partial charge >= 0.3 is 0 Å². The fourth-order valence-electron chi connectivity index (χ4n) is 3.87. The highest BCUT2D eigenvalue weighted by Gasteiger charge is 2.29. The average molecular weight is 328 g/mol. The Balaban J connectivity index is 1.47. The number of rotatable bonds is 4. The molecule has 1 aliphatic carbocycles. The largest absolute Gasteiger partial charge is 0.341 e. The Morgan fingerprint density at radius 1 is 0.875 bits per heavy atom. The van der Waals surface area contributed by atoms with E-state index in [4.69, 9.17) is 0 Å². The van der Waals surface area contributed by atoms with Crippen LogP contribution in [0.1, 0.15) is 44.1 Å². The van der Waals surface area contributed by atoms with E-state index in [0.29, 0.717) is 25.4 Å². The molecule has 0 unspecified atom stereocenters. The number of carbonyl (C=O) groups excluding carboxylic acids is 2. The van der Waals surface area contributed by atoms with Crippen molar-refractivity contribution in [2.24, 2.45) is 5.92 Å². The summed E-state index contributed by atoms with van der Waals surface area (Å²) in [6.07, 6.45) is 6.73. The van der Waals surface area contributed by atoms with Crippen LogP contribution in [0.25, 0.3) is 0 Å². The lowest BCUT2D eigenvalue weighted by Gasteiger charge is -2.24. The van der Waals surface area contributed by atoms with Crippen molar-refractivity contribution in [2.45, 2.75) is 44.9 Å². The fraction of sp³-hybridized carbons (Fsp3) is 0.600. The number of carbonyl (C=O) groups is 2. The molecule has 1 saturated carbocycles. The predicted molar refractivity (Wildman–Crippen MR) is 94.5 cm³/mol. The number of aryl methyl sites for hydroxylation is 1. The minimum absolute atomic E-state index is 0.217. The van der Waals surface area contributed by atoms with E-state index in [1.54, 1.807) is 0 Å². The molecule has 1 aliphatic heterocycles. The molecule has 0 N–H and O–H groups in total. The Morgan fingerprint density at radius 2 is 1.54 bits per heavy atom. The Labute approximate surface area is 144 Å². The van der Waals surface area contributed by atoms with Crippen LogP contribution in [-0.2, 0) is 16.0 Å². The van der Waals surface area contributed by atoms with Crippen molar-refractivity contribution in [3.05, 3.63) is 35.9 Å². The van der Waals surface area contributed by atoms with Crippen LogP contribution in [-0.4, -0.2) is 47.8 Å². The summed E-state index contributed by atoms with van der Waals surface area (Å²) in [4.78, 5) is 29.0. The zero-order valence-corrected chi connectivity index (χ0v) is 14.5. The smallest absolute Gasteiger partial charge is 0.225 e. The highest BCUT2D eigenvalue weighted by atomic mass is 16.2. The minimum atomic E-state index is 0.217. The fourth-order valence-corrected chi connectivity index (χ4v) is 3.87. The minimum Gasteiger partial charge on any atom is -0.341 e. The van der Waals surface area contributed by atoms with Crippen LogP contribution in [0.5, 0.6) is 0 Å². The summed E-state index contributed by atoms with van der Waals surface area (Å²) in [5, 5.41) is 0. The molecule has 24 heavy (non-hydrogen) atoms. The van der Waals surface area contributed by atoms with Crippen molar-refractivity contribution >= 4 is 11.8 Å². The molecule has 0 spiro atoms. The molecule has 2 aliphatic rings. The summed E-state index contributed by atoms with van der Waals surface area (Å²) < 4.78 is 0. The molecule has 130 valence electrons. The summed E-state index contributed by atoms with van der Waals surface area (Å²) in [5.74, 6) is 0.783. The van der Waals surface area contributed by atoms with E-state index in [-0.39, 0.29) is 11.8 Å². The van der Waals surface area contributed by atoms with Gasteiger partial charge in [0.05, 0.1) is 0 Å². The Bertz CT molecular complexity index is 552. The normalized spacial score (nSPS) is 19.3. The van der Waals surface area contributed by atoms with Crippen molar-refractivity contribution in [3.8, 4) is 0 Å². The molecule has 1 aromatic rings. The molecule has 0 radical (unpaired) electrons. The molecule has 3 rings (SSSR count). The lowest BCUT2D eigenvalue weighted by Crippen LogP contribution is -2.39.